The van der Waals surface area contributed by atoms with E-state index in [1.165, 1.54) is 0 Å². The lowest BCUT2D eigenvalue weighted by Crippen LogP contribution is -2.03. The molecule has 1 aromatic heterocycles. The standard InChI is InChI=1S/C13H6BrF3N2OS/c14-10-8-4-2-1-3-7(8)5-6-9(10)20-12-19-18-11(21-12)13(15,16)17/h1-6H. The lowest BCUT2D eigenvalue weighted by atomic mass is 10.1. The minimum absolute atomic E-state index is 0.154. The molecule has 0 fully saturated rings. The van der Waals surface area contributed by atoms with Gasteiger partial charge in [-0.05, 0) is 32.8 Å². The Morgan fingerprint density at radius 3 is 2.52 bits per heavy atom. The lowest BCUT2D eigenvalue weighted by molar-refractivity contribution is -0.138. The molecule has 0 amide bonds. The highest BCUT2D eigenvalue weighted by atomic mass is 79.9. The minimum Gasteiger partial charge on any atom is -0.429 e. The van der Waals surface area contributed by atoms with E-state index >= 15 is 0 Å². The molecule has 3 rings (SSSR count). The van der Waals surface area contributed by atoms with Crippen LogP contribution in [0.3, 0.4) is 0 Å². The average molecular weight is 375 g/mol. The highest BCUT2D eigenvalue weighted by Crippen LogP contribution is 2.39. The summed E-state index contributed by atoms with van der Waals surface area (Å²) >= 11 is 3.75. The van der Waals surface area contributed by atoms with E-state index in [4.69, 9.17) is 4.74 Å². The number of nitrogens with zero attached hydrogens (tertiary/aromatic N) is 2. The molecule has 0 saturated heterocycles. The Hall–Kier alpha value is -1.67. The lowest BCUT2D eigenvalue weighted by Gasteiger charge is -2.07. The second-order valence-electron chi connectivity index (χ2n) is 4.07. The molecule has 0 N–H and O–H groups in total. The number of aromatic nitrogens is 2. The van der Waals surface area contributed by atoms with E-state index < -0.39 is 11.2 Å². The third-order valence-corrected chi connectivity index (χ3v) is 4.34. The smallest absolute Gasteiger partial charge is 0.429 e. The first-order valence-electron chi connectivity index (χ1n) is 5.71. The molecule has 21 heavy (non-hydrogen) atoms. The predicted octanol–water partition coefficient (Wildman–Crippen LogP) is 5.26. The van der Waals surface area contributed by atoms with Crippen molar-refractivity contribution in [3.8, 4) is 10.9 Å². The molecule has 0 aliphatic heterocycles. The van der Waals surface area contributed by atoms with Gasteiger partial charge in [0.05, 0.1) is 4.47 Å². The molecule has 108 valence electrons. The summed E-state index contributed by atoms with van der Waals surface area (Å²) in [6, 6.07) is 11.1. The highest BCUT2D eigenvalue weighted by Gasteiger charge is 2.36. The van der Waals surface area contributed by atoms with E-state index in [-0.39, 0.29) is 5.19 Å². The fourth-order valence-corrected chi connectivity index (χ4v) is 2.90. The number of fused-ring (bicyclic) bond motifs is 1. The van der Waals surface area contributed by atoms with Gasteiger partial charge in [0.2, 0.25) is 5.01 Å². The zero-order chi connectivity index (χ0) is 15.0. The van der Waals surface area contributed by atoms with E-state index in [9.17, 15) is 13.2 Å². The van der Waals surface area contributed by atoms with E-state index in [0.717, 1.165) is 10.8 Å². The zero-order valence-electron chi connectivity index (χ0n) is 10.2. The van der Waals surface area contributed by atoms with Crippen molar-refractivity contribution in [2.45, 2.75) is 6.18 Å². The molecular formula is C13H6BrF3N2OS. The van der Waals surface area contributed by atoms with Crippen LogP contribution < -0.4 is 4.74 Å². The average Bonchev–Trinajstić information content (AvgIpc) is 2.91. The summed E-state index contributed by atoms with van der Waals surface area (Å²) in [5, 5.41) is 7.19. The van der Waals surface area contributed by atoms with Gasteiger partial charge >= 0.3 is 6.18 Å². The number of hydrogen-bond donors (Lipinski definition) is 0. The van der Waals surface area contributed by atoms with Gasteiger partial charge in [0.25, 0.3) is 5.19 Å². The normalized spacial score (nSPS) is 11.8. The number of hydrogen-bond acceptors (Lipinski definition) is 4. The fourth-order valence-electron chi connectivity index (χ4n) is 1.75. The summed E-state index contributed by atoms with van der Waals surface area (Å²) < 4.78 is 43.5. The summed E-state index contributed by atoms with van der Waals surface area (Å²) in [5.74, 6) is 0.388. The van der Waals surface area contributed by atoms with Crippen LogP contribution in [0.25, 0.3) is 10.8 Å². The largest absolute Gasteiger partial charge is 0.445 e. The quantitative estimate of drug-likeness (QED) is 0.613. The topological polar surface area (TPSA) is 35.0 Å². The number of ether oxygens (including phenoxy) is 1. The van der Waals surface area contributed by atoms with Crippen LogP contribution in [0.1, 0.15) is 5.01 Å². The van der Waals surface area contributed by atoms with Gasteiger partial charge in [0, 0.05) is 0 Å². The fraction of sp³-hybridized carbons (Fsp3) is 0.0769. The Morgan fingerprint density at radius 2 is 1.81 bits per heavy atom. The maximum absolute atomic E-state index is 12.5. The third kappa shape index (κ3) is 2.86. The van der Waals surface area contributed by atoms with Gasteiger partial charge < -0.3 is 4.74 Å². The van der Waals surface area contributed by atoms with E-state index in [0.29, 0.717) is 21.6 Å². The molecule has 0 bridgehead atoms. The Morgan fingerprint density at radius 1 is 1.05 bits per heavy atom. The molecule has 0 saturated carbocycles. The highest BCUT2D eigenvalue weighted by molar-refractivity contribution is 9.10. The van der Waals surface area contributed by atoms with Crippen molar-refractivity contribution in [3.63, 3.8) is 0 Å². The van der Waals surface area contributed by atoms with E-state index in [2.05, 4.69) is 26.1 Å². The van der Waals surface area contributed by atoms with Crippen molar-refractivity contribution in [1.82, 2.24) is 10.2 Å². The number of benzene rings is 2. The van der Waals surface area contributed by atoms with Crippen molar-refractivity contribution in [2.24, 2.45) is 0 Å². The third-order valence-electron chi connectivity index (χ3n) is 2.67. The SMILES string of the molecule is FC(F)(F)c1nnc(Oc2ccc3ccccc3c2Br)s1. The van der Waals surface area contributed by atoms with Crippen molar-refractivity contribution in [3.05, 3.63) is 45.9 Å². The van der Waals surface area contributed by atoms with Crippen LogP contribution in [-0.2, 0) is 6.18 Å². The molecule has 2 aromatic carbocycles. The van der Waals surface area contributed by atoms with Crippen LogP contribution in [0.4, 0.5) is 13.2 Å². The Labute approximate surface area is 129 Å². The van der Waals surface area contributed by atoms with E-state index in [1.54, 1.807) is 6.07 Å². The van der Waals surface area contributed by atoms with Crippen molar-refractivity contribution >= 4 is 38.0 Å². The predicted molar refractivity (Wildman–Crippen MR) is 76.6 cm³/mol. The van der Waals surface area contributed by atoms with Gasteiger partial charge in [0.15, 0.2) is 0 Å². The van der Waals surface area contributed by atoms with Crippen LogP contribution in [-0.4, -0.2) is 10.2 Å². The summed E-state index contributed by atoms with van der Waals surface area (Å²) in [4.78, 5) is 0. The molecule has 0 spiro atoms. The van der Waals surface area contributed by atoms with Gasteiger partial charge in [0.1, 0.15) is 5.75 Å². The summed E-state index contributed by atoms with van der Waals surface area (Å²) in [6.07, 6.45) is -4.51. The summed E-state index contributed by atoms with van der Waals surface area (Å²) in [6.45, 7) is 0. The second-order valence-corrected chi connectivity index (χ2v) is 5.80. The first-order chi connectivity index (χ1) is 9.95. The summed E-state index contributed by atoms with van der Waals surface area (Å²) in [5.41, 5.74) is 0. The molecule has 3 nitrogen and oxygen atoms in total. The molecule has 0 aliphatic rings. The van der Waals surface area contributed by atoms with Gasteiger partial charge in [-0.1, -0.05) is 46.8 Å². The molecule has 0 radical (unpaired) electrons. The van der Waals surface area contributed by atoms with Gasteiger partial charge in [-0.15, -0.1) is 5.10 Å². The molecule has 8 heteroatoms. The van der Waals surface area contributed by atoms with Crippen LogP contribution >= 0.6 is 27.3 Å². The molecule has 0 atom stereocenters. The molecule has 3 aromatic rings. The summed E-state index contributed by atoms with van der Waals surface area (Å²) in [7, 11) is 0. The van der Waals surface area contributed by atoms with Gasteiger partial charge in [-0.25, -0.2) is 0 Å². The molecular weight excluding hydrogens is 369 g/mol. The first kappa shape index (κ1) is 14.3. The maximum Gasteiger partial charge on any atom is 0.445 e. The monoisotopic (exact) mass is 374 g/mol. The van der Waals surface area contributed by atoms with Gasteiger partial charge in [-0.3, -0.25) is 0 Å². The number of alkyl halides is 3. The molecule has 0 unspecified atom stereocenters. The van der Waals surface area contributed by atoms with Crippen LogP contribution in [0.5, 0.6) is 10.9 Å². The zero-order valence-corrected chi connectivity index (χ0v) is 12.6. The van der Waals surface area contributed by atoms with Crippen LogP contribution in [0.2, 0.25) is 0 Å². The van der Waals surface area contributed by atoms with Crippen LogP contribution in [0.15, 0.2) is 40.9 Å². The first-order valence-corrected chi connectivity index (χ1v) is 7.32. The Balaban J connectivity index is 1.95. The molecule has 1 heterocycles. The Bertz CT molecular complexity index is 803. The van der Waals surface area contributed by atoms with Crippen molar-refractivity contribution in [1.29, 1.82) is 0 Å². The van der Waals surface area contributed by atoms with Gasteiger partial charge in [-0.2, -0.15) is 13.2 Å². The number of rotatable bonds is 2. The molecule has 0 aliphatic carbocycles. The Kier molecular flexibility index (Phi) is 3.58. The number of halogens is 4. The van der Waals surface area contributed by atoms with E-state index in [1.807, 2.05) is 30.3 Å². The van der Waals surface area contributed by atoms with Crippen molar-refractivity contribution in [2.75, 3.05) is 0 Å². The maximum atomic E-state index is 12.5. The minimum atomic E-state index is -4.51. The second kappa shape index (κ2) is 5.27. The van der Waals surface area contributed by atoms with Crippen LogP contribution in [0, 0.1) is 0 Å². The van der Waals surface area contributed by atoms with Crippen molar-refractivity contribution < 1.29 is 17.9 Å².